The molecule has 0 aliphatic carbocycles. The lowest BCUT2D eigenvalue weighted by Gasteiger charge is -2.07. The van der Waals surface area contributed by atoms with Crippen molar-refractivity contribution in [2.24, 2.45) is 0 Å². The number of aromatic nitrogens is 2. The average Bonchev–Trinajstić information content (AvgIpc) is 2.63. The molecule has 0 spiro atoms. The SMILES string of the molecule is CCc1ccc(NC(=O)CSCc2cc(=O)n3cc(Cl)ccc3n2)cc1. The van der Waals surface area contributed by atoms with Gasteiger partial charge < -0.3 is 5.32 Å². The molecule has 0 radical (unpaired) electrons. The minimum atomic E-state index is -0.187. The van der Waals surface area contributed by atoms with E-state index in [1.807, 2.05) is 24.3 Å². The van der Waals surface area contributed by atoms with Gasteiger partial charge in [0.25, 0.3) is 5.56 Å². The van der Waals surface area contributed by atoms with Crippen LogP contribution in [0.4, 0.5) is 5.69 Å². The molecule has 7 heteroatoms. The smallest absolute Gasteiger partial charge is 0.258 e. The van der Waals surface area contributed by atoms with E-state index in [0.29, 0.717) is 22.1 Å². The van der Waals surface area contributed by atoms with Gasteiger partial charge >= 0.3 is 0 Å². The summed E-state index contributed by atoms with van der Waals surface area (Å²) < 4.78 is 1.41. The van der Waals surface area contributed by atoms with E-state index in [1.165, 1.54) is 27.8 Å². The van der Waals surface area contributed by atoms with E-state index in [-0.39, 0.29) is 17.2 Å². The molecule has 0 unspecified atom stereocenters. The highest BCUT2D eigenvalue weighted by atomic mass is 35.5. The fraction of sp³-hybridized carbons (Fsp3) is 0.211. The number of nitrogens with one attached hydrogen (secondary N) is 1. The highest BCUT2D eigenvalue weighted by molar-refractivity contribution is 7.99. The summed E-state index contributed by atoms with van der Waals surface area (Å²) >= 11 is 7.31. The van der Waals surface area contributed by atoms with Gasteiger partial charge in [-0.3, -0.25) is 14.0 Å². The second-order valence-electron chi connectivity index (χ2n) is 5.75. The van der Waals surface area contributed by atoms with Crippen LogP contribution in [0.25, 0.3) is 5.65 Å². The van der Waals surface area contributed by atoms with Gasteiger partial charge in [0.15, 0.2) is 0 Å². The first-order valence-corrected chi connectivity index (χ1v) is 9.73. The van der Waals surface area contributed by atoms with Crippen molar-refractivity contribution in [1.29, 1.82) is 0 Å². The molecule has 0 aliphatic rings. The number of benzene rings is 1. The lowest BCUT2D eigenvalue weighted by atomic mass is 10.1. The summed E-state index contributed by atoms with van der Waals surface area (Å²) in [5.74, 6) is 0.692. The number of pyridine rings is 1. The van der Waals surface area contributed by atoms with Crippen LogP contribution in [-0.2, 0) is 17.0 Å². The van der Waals surface area contributed by atoms with E-state index in [0.717, 1.165) is 12.1 Å². The number of thioether (sulfide) groups is 1. The Morgan fingerprint density at radius 3 is 2.73 bits per heavy atom. The van der Waals surface area contributed by atoms with E-state index in [4.69, 9.17) is 11.6 Å². The molecule has 1 amide bonds. The average molecular weight is 388 g/mol. The van der Waals surface area contributed by atoms with E-state index >= 15 is 0 Å². The fourth-order valence-corrected chi connectivity index (χ4v) is 3.35. The third kappa shape index (κ3) is 4.65. The Balaban J connectivity index is 1.57. The molecule has 1 N–H and O–H groups in total. The Kier molecular flexibility index (Phi) is 5.96. The molecule has 3 rings (SSSR count). The summed E-state index contributed by atoms with van der Waals surface area (Å²) in [6.45, 7) is 2.09. The van der Waals surface area contributed by atoms with Crippen LogP contribution in [0.2, 0.25) is 5.02 Å². The van der Waals surface area contributed by atoms with Crippen molar-refractivity contribution in [1.82, 2.24) is 9.38 Å². The van der Waals surface area contributed by atoms with Crippen LogP contribution < -0.4 is 10.9 Å². The molecular formula is C19H18ClN3O2S. The Morgan fingerprint density at radius 2 is 2.00 bits per heavy atom. The van der Waals surface area contributed by atoms with Gasteiger partial charge in [-0.2, -0.15) is 0 Å². The maximum Gasteiger partial charge on any atom is 0.258 e. The molecule has 2 aromatic heterocycles. The molecule has 0 saturated heterocycles. The van der Waals surface area contributed by atoms with Crippen molar-refractivity contribution < 1.29 is 4.79 Å². The van der Waals surface area contributed by atoms with Crippen LogP contribution >= 0.6 is 23.4 Å². The number of anilines is 1. The minimum absolute atomic E-state index is 0.0801. The normalized spacial score (nSPS) is 10.8. The summed E-state index contributed by atoms with van der Waals surface area (Å²) in [7, 11) is 0. The second-order valence-corrected chi connectivity index (χ2v) is 7.17. The molecular weight excluding hydrogens is 370 g/mol. The number of amides is 1. The van der Waals surface area contributed by atoms with E-state index in [9.17, 15) is 9.59 Å². The van der Waals surface area contributed by atoms with Crippen molar-refractivity contribution in [3.8, 4) is 0 Å². The molecule has 26 heavy (non-hydrogen) atoms. The number of hydrogen-bond donors (Lipinski definition) is 1. The zero-order chi connectivity index (χ0) is 18.5. The number of fused-ring (bicyclic) bond motifs is 1. The Hall–Kier alpha value is -2.31. The maximum atomic E-state index is 12.1. The topological polar surface area (TPSA) is 63.5 Å². The lowest BCUT2D eigenvalue weighted by molar-refractivity contribution is -0.113. The van der Waals surface area contributed by atoms with Crippen LogP contribution in [0, 0.1) is 0 Å². The molecule has 134 valence electrons. The third-order valence-electron chi connectivity index (χ3n) is 3.81. The molecule has 0 fully saturated rings. The van der Waals surface area contributed by atoms with Gasteiger partial charge in [0, 0.05) is 23.7 Å². The van der Waals surface area contributed by atoms with Crippen molar-refractivity contribution in [3.63, 3.8) is 0 Å². The van der Waals surface area contributed by atoms with Crippen LogP contribution in [0.1, 0.15) is 18.2 Å². The predicted molar refractivity (Wildman–Crippen MR) is 107 cm³/mol. The standard InChI is InChI=1S/C19H18ClN3O2S/c1-2-13-3-6-15(7-4-13)22-18(24)12-26-11-16-9-19(25)23-10-14(20)5-8-17(23)21-16/h3-10H,2,11-12H2,1H3,(H,22,24). The summed E-state index contributed by atoms with van der Waals surface area (Å²) in [4.78, 5) is 28.6. The van der Waals surface area contributed by atoms with Gasteiger partial charge in [-0.1, -0.05) is 30.7 Å². The fourth-order valence-electron chi connectivity index (χ4n) is 2.47. The van der Waals surface area contributed by atoms with Crippen LogP contribution in [-0.4, -0.2) is 21.0 Å². The minimum Gasteiger partial charge on any atom is -0.325 e. The monoisotopic (exact) mass is 387 g/mol. The summed E-state index contributed by atoms with van der Waals surface area (Å²) in [5, 5.41) is 3.34. The molecule has 3 aromatic rings. The quantitative estimate of drug-likeness (QED) is 0.699. The number of carbonyl (C=O) groups is 1. The maximum absolute atomic E-state index is 12.1. The molecule has 0 bridgehead atoms. The summed E-state index contributed by atoms with van der Waals surface area (Å²) in [6.07, 6.45) is 2.51. The number of hydrogen-bond acceptors (Lipinski definition) is 4. The molecule has 1 aromatic carbocycles. The molecule has 0 atom stereocenters. The van der Waals surface area contributed by atoms with Crippen molar-refractivity contribution >= 4 is 40.6 Å². The lowest BCUT2D eigenvalue weighted by Crippen LogP contribution is -2.16. The highest BCUT2D eigenvalue weighted by Gasteiger charge is 2.06. The van der Waals surface area contributed by atoms with Gasteiger partial charge in [-0.15, -0.1) is 11.8 Å². The summed E-state index contributed by atoms with van der Waals surface area (Å²) in [5.41, 5.74) is 3.01. The highest BCUT2D eigenvalue weighted by Crippen LogP contribution is 2.14. The number of carbonyl (C=O) groups excluding carboxylic acids is 1. The zero-order valence-electron chi connectivity index (χ0n) is 14.2. The summed E-state index contributed by atoms with van der Waals surface area (Å²) in [6, 6.07) is 12.7. The number of halogens is 1. The largest absolute Gasteiger partial charge is 0.325 e. The number of aryl methyl sites for hydroxylation is 1. The number of rotatable bonds is 6. The van der Waals surface area contributed by atoms with Crippen molar-refractivity contribution in [2.75, 3.05) is 11.1 Å². The van der Waals surface area contributed by atoms with Gasteiger partial charge in [-0.25, -0.2) is 4.98 Å². The van der Waals surface area contributed by atoms with Gasteiger partial charge in [0.05, 0.1) is 16.5 Å². The van der Waals surface area contributed by atoms with E-state index in [2.05, 4.69) is 17.2 Å². The Morgan fingerprint density at radius 1 is 1.23 bits per heavy atom. The van der Waals surface area contributed by atoms with E-state index < -0.39 is 0 Å². The Bertz CT molecular complexity index is 986. The number of nitrogens with zero attached hydrogens (tertiary/aromatic N) is 2. The Labute approximate surface area is 160 Å². The van der Waals surface area contributed by atoms with Gasteiger partial charge in [0.1, 0.15) is 5.65 Å². The first-order valence-electron chi connectivity index (χ1n) is 8.19. The van der Waals surface area contributed by atoms with Crippen LogP contribution in [0.15, 0.2) is 53.5 Å². The third-order valence-corrected chi connectivity index (χ3v) is 5.00. The van der Waals surface area contributed by atoms with Crippen molar-refractivity contribution in [2.45, 2.75) is 19.1 Å². The molecule has 2 heterocycles. The van der Waals surface area contributed by atoms with Crippen LogP contribution in [0.5, 0.6) is 0 Å². The molecule has 0 aliphatic heterocycles. The molecule has 5 nitrogen and oxygen atoms in total. The van der Waals surface area contributed by atoms with Crippen molar-refractivity contribution in [3.05, 3.63) is 75.3 Å². The predicted octanol–water partition coefficient (Wildman–Crippen LogP) is 3.78. The van der Waals surface area contributed by atoms with Gasteiger partial charge in [0.2, 0.25) is 5.91 Å². The first-order chi connectivity index (χ1) is 12.5. The molecule has 0 saturated carbocycles. The van der Waals surface area contributed by atoms with Gasteiger partial charge in [-0.05, 0) is 36.2 Å². The zero-order valence-corrected chi connectivity index (χ0v) is 15.8. The first kappa shape index (κ1) is 18.5. The van der Waals surface area contributed by atoms with E-state index in [1.54, 1.807) is 18.3 Å². The van der Waals surface area contributed by atoms with Crippen LogP contribution in [0.3, 0.4) is 0 Å². The second kappa shape index (κ2) is 8.38.